The van der Waals surface area contributed by atoms with Gasteiger partial charge >= 0.3 is 6.09 Å². The molecule has 2 aromatic carbocycles. The van der Waals surface area contributed by atoms with Crippen LogP contribution in [-0.2, 0) is 14.8 Å². The van der Waals surface area contributed by atoms with E-state index in [9.17, 15) is 13.2 Å². The summed E-state index contributed by atoms with van der Waals surface area (Å²) in [6, 6.07) is 16.8. The molecule has 13 heteroatoms. The molecule has 0 aliphatic carbocycles. The first-order valence-corrected chi connectivity index (χ1v) is 13.3. The van der Waals surface area contributed by atoms with Crippen molar-refractivity contribution in [2.75, 3.05) is 10.6 Å². The third-order valence-corrected chi connectivity index (χ3v) is 6.12. The highest BCUT2D eigenvalue weighted by molar-refractivity contribution is 7.89. The van der Waals surface area contributed by atoms with Crippen LogP contribution in [0, 0.1) is 0 Å². The van der Waals surface area contributed by atoms with Crippen LogP contribution in [0.25, 0.3) is 11.4 Å². The quantitative estimate of drug-likeness (QED) is 0.289. The molecule has 0 aliphatic rings. The molecule has 0 aliphatic heterocycles. The fraction of sp³-hybridized carbons (Fsp3) is 0.167. The zero-order chi connectivity index (χ0) is 26.6. The fourth-order valence-corrected chi connectivity index (χ4v) is 4.18. The number of rotatable bonds is 7. The Balaban J connectivity index is 1.60. The maximum Gasteiger partial charge on any atom is 0.413 e. The van der Waals surface area contributed by atoms with Crippen molar-refractivity contribution < 1.29 is 22.7 Å². The molecule has 0 fully saturated rings. The smallest absolute Gasteiger partial charge is 0.413 e. The highest BCUT2D eigenvalue weighted by atomic mass is 32.2. The molecule has 0 unspecified atom stereocenters. The zero-order valence-corrected chi connectivity index (χ0v) is 21.8. The summed E-state index contributed by atoms with van der Waals surface area (Å²) in [6.07, 6.45) is -0.630. The molecule has 0 saturated heterocycles. The number of nitrogens with one attached hydrogen (secondary N) is 2. The van der Waals surface area contributed by atoms with Gasteiger partial charge in [0.1, 0.15) is 11.4 Å². The predicted octanol–water partition coefficient (Wildman–Crippen LogP) is 5.13. The number of thiazole rings is 1. The first-order chi connectivity index (χ1) is 17.4. The van der Waals surface area contributed by atoms with Gasteiger partial charge in [-0.1, -0.05) is 36.4 Å². The van der Waals surface area contributed by atoms with Crippen molar-refractivity contribution in [1.82, 2.24) is 15.0 Å². The van der Waals surface area contributed by atoms with Crippen LogP contribution < -0.4 is 20.5 Å². The van der Waals surface area contributed by atoms with Gasteiger partial charge in [0.15, 0.2) is 11.0 Å². The second kappa shape index (κ2) is 10.5. The lowest BCUT2D eigenvalue weighted by molar-refractivity contribution is 0.0636. The number of primary sulfonamides is 1. The predicted molar refractivity (Wildman–Crippen MR) is 141 cm³/mol. The number of hydrogen-bond donors (Lipinski definition) is 3. The molecule has 4 rings (SSSR count). The van der Waals surface area contributed by atoms with E-state index in [-0.39, 0.29) is 16.7 Å². The van der Waals surface area contributed by atoms with Crippen LogP contribution in [-0.4, -0.2) is 35.1 Å². The molecule has 2 heterocycles. The Labute approximate surface area is 217 Å². The Hall–Kier alpha value is -4.07. The molecule has 0 radical (unpaired) electrons. The molecule has 192 valence electrons. The number of nitrogens with two attached hydrogens (primary N) is 1. The van der Waals surface area contributed by atoms with Gasteiger partial charge in [0.25, 0.3) is 0 Å². The van der Waals surface area contributed by atoms with Crippen molar-refractivity contribution >= 4 is 44.1 Å². The Morgan fingerprint density at radius 2 is 1.73 bits per heavy atom. The van der Waals surface area contributed by atoms with Gasteiger partial charge in [-0.3, -0.25) is 5.32 Å². The van der Waals surface area contributed by atoms with E-state index >= 15 is 0 Å². The van der Waals surface area contributed by atoms with Crippen LogP contribution in [0.15, 0.2) is 70.9 Å². The van der Waals surface area contributed by atoms with Gasteiger partial charge in [0.05, 0.1) is 10.3 Å². The molecular formula is C24H24N6O5S2. The Kier molecular flexibility index (Phi) is 7.38. The van der Waals surface area contributed by atoms with Gasteiger partial charge in [-0.05, 0) is 39.0 Å². The summed E-state index contributed by atoms with van der Waals surface area (Å²) in [5.74, 6) is 1.09. The van der Waals surface area contributed by atoms with E-state index in [1.165, 1.54) is 18.2 Å². The fourth-order valence-electron chi connectivity index (χ4n) is 3.02. The Bertz CT molecular complexity index is 1520. The summed E-state index contributed by atoms with van der Waals surface area (Å²) in [6.45, 7) is 5.29. The topological polar surface area (TPSA) is 158 Å². The molecular weight excluding hydrogens is 516 g/mol. The number of nitrogens with zero attached hydrogens (tertiary/aromatic N) is 3. The SMILES string of the molecule is CC(C)(C)OC(=O)Nc1nc(Oc2cc(Nc3cccc(S(N)(=O)=O)c3)nc(-c3ccccc3)n2)cs1. The lowest BCUT2D eigenvalue weighted by Crippen LogP contribution is -2.27. The summed E-state index contributed by atoms with van der Waals surface area (Å²) >= 11 is 1.16. The van der Waals surface area contributed by atoms with Crippen LogP contribution in [0.2, 0.25) is 0 Å². The van der Waals surface area contributed by atoms with Crippen molar-refractivity contribution in [2.24, 2.45) is 5.14 Å². The molecule has 1 amide bonds. The first-order valence-electron chi connectivity index (χ1n) is 10.9. The molecule has 4 aromatic rings. The molecule has 2 aromatic heterocycles. The van der Waals surface area contributed by atoms with Crippen molar-refractivity contribution in [3.8, 4) is 23.1 Å². The molecule has 0 bridgehead atoms. The van der Waals surface area contributed by atoms with E-state index in [4.69, 9.17) is 14.6 Å². The third-order valence-electron chi connectivity index (χ3n) is 4.47. The molecule has 37 heavy (non-hydrogen) atoms. The largest absolute Gasteiger partial charge is 0.444 e. The number of anilines is 3. The summed E-state index contributed by atoms with van der Waals surface area (Å²) in [4.78, 5) is 25.2. The van der Waals surface area contributed by atoms with Crippen LogP contribution in [0.3, 0.4) is 0 Å². The van der Waals surface area contributed by atoms with E-state index in [1.807, 2.05) is 30.3 Å². The zero-order valence-electron chi connectivity index (χ0n) is 20.1. The van der Waals surface area contributed by atoms with E-state index in [0.29, 0.717) is 22.5 Å². The van der Waals surface area contributed by atoms with Crippen LogP contribution in [0.5, 0.6) is 11.8 Å². The number of carbonyl (C=O) groups excluding carboxylic acids is 1. The third kappa shape index (κ3) is 7.46. The number of benzene rings is 2. The Morgan fingerprint density at radius 3 is 2.43 bits per heavy atom. The minimum Gasteiger partial charge on any atom is -0.444 e. The minimum atomic E-state index is -3.88. The average molecular weight is 541 g/mol. The summed E-state index contributed by atoms with van der Waals surface area (Å²) in [7, 11) is -3.88. The summed E-state index contributed by atoms with van der Waals surface area (Å²) < 4.78 is 34.6. The van der Waals surface area contributed by atoms with Gasteiger partial charge in [-0.25, -0.2) is 23.3 Å². The van der Waals surface area contributed by atoms with E-state index in [1.54, 1.807) is 38.3 Å². The number of amides is 1. The maximum atomic E-state index is 12.0. The number of hydrogen-bond acceptors (Lipinski definition) is 10. The van der Waals surface area contributed by atoms with Gasteiger partial charge in [-0.15, -0.1) is 11.3 Å². The molecule has 0 spiro atoms. The van der Waals surface area contributed by atoms with Crippen molar-refractivity contribution in [1.29, 1.82) is 0 Å². The lowest BCUT2D eigenvalue weighted by Gasteiger charge is -2.18. The number of carbonyl (C=O) groups is 1. The maximum absolute atomic E-state index is 12.0. The van der Waals surface area contributed by atoms with Gasteiger partial charge in [0.2, 0.25) is 21.8 Å². The van der Waals surface area contributed by atoms with Crippen LogP contribution in [0.1, 0.15) is 20.8 Å². The van der Waals surface area contributed by atoms with E-state index in [0.717, 1.165) is 16.9 Å². The molecule has 0 saturated carbocycles. The monoisotopic (exact) mass is 540 g/mol. The molecule has 11 nitrogen and oxygen atoms in total. The van der Waals surface area contributed by atoms with E-state index in [2.05, 4.69) is 25.6 Å². The highest BCUT2D eigenvalue weighted by Gasteiger charge is 2.18. The molecule has 0 atom stereocenters. The first kappa shape index (κ1) is 26.0. The van der Waals surface area contributed by atoms with E-state index < -0.39 is 21.7 Å². The normalized spacial score (nSPS) is 11.6. The second-order valence-electron chi connectivity index (χ2n) is 8.70. The number of sulfonamides is 1. The van der Waals surface area contributed by atoms with Crippen molar-refractivity contribution in [2.45, 2.75) is 31.3 Å². The number of ether oxygens (including phenoxy) is 2. The summed E-state index contributed by atoms with van der Waals surface area (Å²) in [5, 5.41) is 12.8. The molecule has 4 N–H and O–H groups in total. The second-order valence-corrected chi connectivity index (χ2v) is 11.1. The standard InChI is InChI=1S/C24H24N6O5S2/c1-24(2,3)35-23(31)30-22-29-20(14-36-22)34-19-13-18(27-21(28-19)15-8-5-4-6-9-15)26-16-10-7-11-17(12-16)37(25,32)33/h4-14H,1-3H3,(H2,25,32,33)(H,26,27,28)(H,29,30,31). The lowest BCUT2D eigenvalue weighted by atomic mass is 10.2. The number of aromatic nitrogens is 3. The summed E-state index contributed by atoms with van der Waals surface area (Å²) in [5.41, 5.74) is 0.541. The van der Waals surface area contributed by atoms with Gasteiger partial charge in [0, 0.05) is 17.3 Å². The minimum absolute atomic E-state index is 0.0428. The van der Waals surface area contributed by atoms with Gasteiger partial charge in [-0.2, -0.15) is 9.97 Å². The Morgan fingerprint density at radius 1 is 0.973 bits per heavy atom. The van der Waals surface area contributed by atoms with Gasteiger partial charge < -0.3 is 14.8 Å². The highest BCUT2D eigenvalue weighted by Crippen LogP contribution is 2.29. The van der Waals surface area contributed by atoms with Crippen molar-refractivity contribution in [3.63, 3.8) is 0 Å². The van der Waals surface area contributed by atoms with Crippen LogP contribution in [0.4, 0.5) is 21.4 Å². The van der Waals surface area contributed by atoms with Crippen molar-refractivity contribution in [3.05, 3.63) is 66.0 Å². The van der Waals surface area contributed by atoms with Crippen LogP contribution >= 0.6 is 11.3 Å². The average Bonchev–Trinajstić information content (AvgIpc) is 3.24.